The van der Waals surface area contributed by atoms with E-state index in [2.05, 4.69) is 15.3 Å². The number of anilines is 1. The van der Waals surface area contributed by atoms with Crippen molar-refractivity contribution in [3.8, 4) is 0 Å². The highest BCUT2D eigenvalue weighted by Crippen LogP contribution is 2.20. The number of carbonyl (C=O) groups is 1. The number of nitrogens with zero attached hydrogens (tertiary/aromatic N) is 2. The number of carbonyl (C=O) groups excluding carboxylic acids is 1. The van der Waals surface area contributed by atoms with Crippen molar-refractivity contribution in [1.82, 2.24) is 9.97 Å². The number of carboxylic acids is 1. The fraction of sp³-hybridized carbons (Fsp3) is 0.357. The summed E-state index contributed by atoms with van der Waals surface area (Å²) >= 11 is 0. The van der Waals surface area contributed by atoms with Crippen LogP contribution in [-0.2, 0) is 4.79 Å². The normalized spacial score (nSPS) is 12.6. The number of hydrogen-bond donors (Lipinski definition) is 1. The summed E-state index contributed by atoms with van der Waals surface area (Å²) in [5.41, 5.74) is 0.779. The van der Waals surface area contributed by atoms with Crippen LogP contribution in [0.4, 0.5) is 5.82 Å². The summed E-state index contributed by atoms with van der Waals surface area (Å²) in [5, 5.41) is 14.9. The predicted octanol–water partition coefficient (Wildman–Crippen LogP) is 1.21. The SMILES string of the molecule is CC(C)C[C@H](Nc1ncnc2ccccc12)C(=O)[O-]. The van der Waals surface area contributed by atoms with Gasteiger partial charge in [0.05, 0.1) is 17.5 Å². The first kappa shape index (κ1) is 13.3. The highest BCUT2D eigenvalue weighted by molar-refractivity contribution is 5.90. The van der Waals surface area contributed by atoms with E-state index in [4.69, 9.17) is 0 Å². The van der Waals surface area contributed by atoms with Gasteiger partial charge in [0.25, 0.3) is 0 Å². The summed E-state index contributed by atoms with van der Waals surface area (Å²) in [6.45, 7) is 3.94. The van der Waals surface area contributed by atoms with E-state index in [9.17, 15) is 9.90 Å². The fourth-order valence-corrected chi connectivity index (χ4v) is 1.97. The van der Waals surface area contributed by atoms with Crippen LogP contribution in [0.1, 0.15) is 20.3 Å². The Hall–Kier alpha value is -2.17. The van der Waals surface area contributed by atoms with Gasteiger partial charge < -0.3 is 15.2 Å². The summed E-state index contributed by atoms with van der Waals surface area (Å²) in [6, 6.07) is 6.72. The fourth-order valence-electron chi connectivity index (χ4n) is 1.97. The van der Waals surface area contributed by atoms with Crippen LogP contribution in [0.5, 0.6) is 0 Å². The zero-order valence-corrected chi connectivity index (χ0v) is 11.0. The summed E-state index contributed by atoms with van der Waals surface area (Å²) in [4.78, 5) is 19.4. The Morgan fingerprint density at radius 2 is 2.05 bits per heavy atom. The van der Waals surface area contributed by atoms with Crippen LogP contribution >= 0.6 is 0 Å². The molecular weight excluding hydrogens is 242 g/mol. The van der Waals surface area contributed by atoms with Gasteiger partial charge in [-0.15, -0.1) is 0 Å². The van der Waals surface area contributed by atoms with Crippen LogP contribution in [0, 0.1) is 5.92 Å². The zero-order chi connectivity index (χ0) is 13.8. The molecule has 0 radical (unpaired) electrons. The van der Waals surface area contributed by atoms with E-state index in [-0.39, 0.29) is 5.92 Å². The molecule has 19 heavy (non-hydrogen) atoms. The van der Waals surface area contributed by atoms with Gasteiger partial charge in [-0.2, -0.15) is 0 Å². The lowest BCUT2D eigenvalue weighted by Crippen LogP contribution is -2.41. The van der Waals surface area contributed by atoms with E-state index < -0.39 is 12.0 Å². The van der Waals surface area contributed by atoms with E-state index in [0.29, 0.717) is 12.2 Å². The second-order valence-electron chi connectivity index (χ2n) is 4.88. The maximum atomic E-state index is 11.2. The number of para-hydroxylation sites is 1. The zero-order valence-electron chi connectivity index (χ0n) is 11.0. The number of fused-ring (bicyclic) bond motifs is 1. The van der Waals surface area contributed by atoms with E-state index in [1.807, 2.05) is 38.1 Å². The summed E-state index contributed by atoms with van der Waals surface area (Å²) in [6.07, 6.45) is 1.91. The maximum absolute atomic E-state index is 11.2. The lowest BCUT2D eigenvalue weighted by Gasteiger charge is -2.22. The molecule has 2 rings (SSSR count). The van der Waals surface area contributed by atoms with Crippen molar-refractivity contribution in [2.24, 2.45) is 5.92 Å². The Bertz CT molecular complexity index is 578. The van der Waals surface area contributed by atoms with Crippen LogP contribution in [0.25, 0.3) is 10.9 Å². The third-order valence-electron chi connectivity index (χ3n) is 2.85. The number of aliphatic carboxylic acids is 1. The van der Waals surface area contributed by atoms with Gasteiger partial charge in [0.1, 0.15) is 12.1 Å². The molecule has 0 saturated heterocycles. The maximum Gasteiger partial charge on any atom is 0.137 e. The molecule has 0 bridgehead atoms. The predicted molar refractivity (Wildman–Crippen MR) is 71.4 cm³/mol. The molecule has 5 nitrogen and oxygen atoms in total. The van der Waals surface area contributed by atoms with Crippen molar-refractivity contribution in [2.75, 3.05) is 5.32 Å². The minimum atomic E-state index is -1.11. The molecule has 2 aromatic rings. The number of aromatic nitrogens is 2. The highest BCUT2D eigenvalue weighted by Gasteiger charge is 2.14. The largest absolute Gasteiger partial charge is 0.548 e. The van der Waals surface area contributed by atoms with Gasteiger partial charge in [-0.05, 0) is 24.5 Å². The van der Waals surface area contributed by atoms with Crippen molar-refractivity contribution in [3.05, 3.63) is 30.6 Å². The Balaban J connectivity index is 2.31. The second kappa shape index (κ2) is 5.65. The molecule has 0 spiro atoms. The smallest absolute Gasteiger partial charge is 0.137 e. The van der Waals surface area contributed by atoms with E-state index in [0.717, 1.165) is 10.9 Å². The Kier molecular flexibility index (Phi) is 3.94. The van der Waals surface area contributed by atoms with Crippen molar-refractivity contribution >= 4 is 22.7 Å². The number of hydrogen-bond acceptors (Lipinski definition) is 5. The Morgan fingerprint density at radius 3 is 2.74 bits per heavy atom. The Labute approximate surface area is 111 Å². The molecule has 1 atom stereocenters. The number of nitrogens with one attached hydrogen (secondary N) is 1. The van der Waals surface area contributed by atoms with Gasteiger partial charge in [0.2, 0.25) is 0 Å². The third kappa shape index (κ3) is 3.19. The molecule has 0 aliphatic rings. The lowest BCUT2D eigenvalue weighted by molar-refractivity contribution is -0.307. The summed E-state index contributed by atoms with van der Waals surface area (Å²) in [5.74, 6) is -0.333. The van der Waals surface area contributed by atoms with Gasteiger partial charge in [0.15, 0.2) is 0 Å². The first-order valence-electron chi connectivity index (χ1n) is 6.25. The van der Waals surface area contributed by atoms with Crippen LogP contribution in [0.2, 0.25) is 0 Å². The molecule has 1 heterocycles. The quantitative estimate of drug-likeness (QED) is 0.872. The van der Waals surface area contributed by atoms with Crippen LogP contribution in [0.3, 0.4) is 0 Å². The molecule has 1 aromatic heterocycles. The lowest BCUT2D eigenvalue weighted by atomic mass is 10.0. The van der Waals surface area contributed by atoms with Gasteiger partial charge in [-0.1, -0.05) is 26.0 Å². The molecule has 0 saturated carbocycles. The van der Waals surface area contributed by atoms with E-state index in [1.54, 1.807) is 0 Å². The van der Waals surface area contributed by atoms with Crippen molar-refractivity contribution in [1.29, 1.82) is 0 Å². The standard InChI is InChI=1S/C14H17N3O2/c1-9(2)7-12(14(18)19)17-13-10-5-3-4-6-11(10)15-8-16-13/h3-6,8-9,12H,7H2,1-2H3,(H,18,19)(H,15,16,17)/p-1/t12-/m0/s1. The van der Waals surface area contributed by atoms with Crippen molar-refractivity contribution in [3.63, 3.8) is 0 Å². The van der Waals surface area contributed by atoms with Gasteiger partial charge in [-0.25, -0.2) is 9.97 Å². The number of rotatable bonds is 5. The summed E-state index contributed by atoms with van der Waals surface area (Å²) < 4.78 is 0. The minimum absolute atomic E-state index is 0.253. The van der Waals surface area contributed by atoms with Crippen molar-refractivity contribution < 1.29 is 9.90 Å². The molecule has 5 heteroatoms. The monoisotopic (exact) mass is 258 g/mol. The molecule has 1 N–H and O–H groups in total. The van der Waals surface area contributed by atoms with Gasteiger partial charge >= 0.3 is 0 Å². The topological polar surface area (TPSA) is 77.9 Å². The minimum Gasteiger partial charge on any atom is -0.548 e. The first-order chi connectivity index (χ1) is 9.08. The molecule has 0 fully saturated rings. The first-order valence-corrected chi connectivity index (χ1v) is 6.25. The summed E-state index contributed by atoms with van der Waals surface area (Å²) in [7, 11) is 0. The van der Waals surface area contributed by atoms with Gasteiger partial charge in [0, 0.05) is 5.39 Å². The highest BCUT2D eigenvalue weighted by atomic mass is 16.4. The van der Waals surface area contributed by atoms with E-state index >= 15 is 0 Å². The number of carboxylic acid groups (broad SMARTS) is 1. The average Bonchev–Trinajstić information content (AvgIpc) is 2.37. The molecule has 0 unspecified atom stereocenters. The van der Waals surface area contributed by atoms with Crippen molar-refractivity contribution in [2.45, 2.75) is 26.3 Å². The molecule has 0 aliphatic carbocycles. The Morgan fingerprint density at radius 1 is 1.32 bits per heavy atom. The molecular formula is C14H16N3O2-. The van der Waals surface area contributed by atoms with E-state index in [1.165, 1.54) is 6.33 Å². The molecule has 0 aliphatic heterocycles. The third-order valence-corrected chi connectivity index (χ3v) is 2.85. The second-order valence-corrected chi connectivity index (χ2v) is 4.88. The van der Waals surface area contributed by atoms with Gasteiger partial charge in [-0.3, -0.25) is 0 Å². The van der Waals surface area contributed by atoms with Crippen LogP contribution in [0.15, 0.2) is 30.6 Å². The van der Waals surface area contributed by atoms with Crippen LogP contribution < -0.4 is 10.4 Å². The van der Waals surface area contributed by atoms with Crippen LogP contribution in [-0.4, -0.2) is 22.0 Å². The average molecular weight is 258 g/mol. The number of benzene rings is 1. The molecule has 1 aromatic carbocycles. The molecule has 100 valence electrons. The molecule has 0 amide bonds.